The highest BCUT2D eigenvalue weighted by atomic mass is 19.3. The summed E-state index contributed by atoms with van der Waals surface area (Å²) >= 11 is 0. The van der Waals surface area contributed by atoms with Gasteiger partial charge in [0.15, 0.2) is 11.8 Å². The Morgan fingerprint density at radius 3 is 2.12 bits per heavy atom. The van der Waals surface area contributed by atoms with E-state index in [2.05, 4.69) is 4.74 Å². The maximum atomic E-state index is 12.5. The van der Waals surface area contributed by atoms with Crippen molar-refractivity contribution in [2.24, 2.45) is 0 Å². The largest absolute Gasteiger partial charge is 0.541 e. The number of carboxylic acids is 1. The van der Waals surface area contributed by atoms with E-state index in [9.17, 15) is 23.5 Å². The summed E-state index contributed by atoms with van der Waals surface area (Å²) in [5.41, 5.74) is 0.309. The number of rotatable bonds is 4. The molecule has 0 heterocycles. The van der Waals surface area contributed by atoms with Gasteiger partial charge in [-0.1, -0.05) is 0 Å². The van der Waals surface area contributed by atoms with E-state index < -0.39 is 12.1 Å². The molecule has 0 spiro atoms. The van der Waals surface area contributed by atoms with Crippen LogP contribution in [0.15, 0.2) is 24.3 Å². The zero-order valence-corrected chi connectivity index (χ0v) is 8.20. The van der Waals surface area contributed by atoms with E-state index >= 15 is 0 Å². The van der Waals surface area contributed by atoms with Gasteiger partial charge < -0.3 is 14.6 Å². The molecule has 0 radical (unpaired) electrons. The first kappa shape index (κ1) is 12.1. The molecule has 0 aromatic heterocycles. The molecule has 0 unspecified atom stereocenters. The molecule has 1 rings (SSSR count). The van der Waals surface area contributed by atoms with Gasteiger partial charge in [0.25, 0.3) is 0 Å². The Bertz CT molecular complexity index is 411. The number of halogens is 2. The molecule has 0 fully saturated rings. The van der Waals surface area contributed by atoms with E-state index in [1.807, 2.05) is 0 Å². The van der Waals surface area contributed by atoms with E-state index in [-0.39, 0.29) is 11.5 Å². The summed E-state index contributed by atoms with van der Waals surface area (Å²) in [5, 5.41) is 9.96. The summed E-state index contributed by atoms with van der Waals surface area (Å²) in [7, 11) is 0. The third-order valence-corrected chi connectivity index (χ3v) is 1.74. The predicted molar refractivity (Wildman–Crippen MR) is 47.0 cm³/mol. The third kappa shape index (κ3) is 2.75. The van der Waals surface area contributed by atoms with Crippen LogP contribution in [0.5, 0.6) is 5.75 Å². The lowest BCUT2D eigenvalue weighted by Gasteiger charge is -2.18. The van der Waals surface area contributed by atoms with Gasteiger partial charge in [-0.15, -0.1) is 0 Å². The summed E-state index contributed by atoms with van der Waals surface area (Å²) in [4.78, 5) is 20.8. The molecule has 0 saturated heterocycles. The molecular formula is C10H7F2O4-. The molecule has 0 saturated carbocycles. The fraction of sp³-hybridized carbons (Fsp3) is 0.200. The fourth-order valence-electron chi connectivity index (χ4n) is 0.947. The number of benzene rings is 1. The second-order valence-corrected chi connectivity index (χ2v) is 2.99. The molecule has 0 aliphatic rings. The Balaban J connectivity index is 2.84. The Morgan fingerprint density at radius 1 is 1.25 bits per heavy atom. The third-order valence-electron chi connectivity index (χ3n) is 1.74. The lowest BCUT2D eigenvalue weighted by Crippen LogP contribution is -2.45. The minimum Gasteiger partial charge on any atom is -0.541 e. The second kappa shape index (κ2) is 4.26. The first-order valence-electron chi connectivity index (χ1n) is 4.22. The summed E-state index contributed by atoms with van der Waals surface area (Å²) in [6.07, 6.45) is -4.39. The van der Waals surface area contributed by atoms with Crippen LogP contribution in [0.25, 0.3) is 0 Å². The quantitative estimate of drug-likeness (QED) is 0.709. The van der Waals surface area contributed by atoms with Gasteiger partial charge in [-0.2, -0.15) is 8.78 Å². The van der Waals surface area contributed by atoms with Gasteiger partial charge in [0.2, 0.25) is 0 Å². The summed E-state index contributed by atoms with van der Waals surface area (Å²) in [6.45, 7) is 1.31. The predicted octanol–water partition coefficient (Wildman–Crippen LogP) is 0.611. The van der Waals surface area contributed by atoms with Crippen molar-refractivity contribution in [2.45, 2.75) is 13.0 Å². The van der Waals surface area contributed by atoms with Crippen LogP contribution in [-0.2, 0) is 4.79 Å². The van der Waals surface area contributed by atoms with Crippen LogP contribution in [0.2, 0.25) is 0 Å². The summed E-state index contributed by atoms with van der Waals surface area (Å²) < 4.78 is 29.0. The van der Waals surface area contributed by atoms with Crippen molar-refractivity contribution < 1.29 is 28.2 Å². The van der Waals surface area contributed by atoms with Gasteiger partial charge >= 0.3 is 6.11 Å². The summed E-state index contributed by atoms with van der Waals surface area (Å²) in [5.74, 6) is -3.22. The molecule has 0 N–H and O–H groups in total. The highest BCUT2D eigenvalue weighted by Crippen LogP contribution is 2.21. The van der Waals surface area contributed by atoms with Gasteiger partial charge in [0.1, 0.15) is 5.75 Å². The minimum atomic E-state index is -4.39. The molecule has 0 aliphatic carbocycles. The number of aliphatic carboxylic acids is 1. The monoisotopic (exact) mass is 229 g/mol. The Hall–Kier alpha value is -1.98. The standard InChI is InChI=1S/C10H8F2O4/c1-6(13)7-2-4-8(5-3-7)16-10(11,12)9(14)15/h2-5H,1H3,(H,14,15)/p-1. The molecule has 6 heteroatoms. The van der Waals surface area contributed by atoms with Gasteiger partial charge in [-0.05, 0) is 31.2 Å². The number of ether oxygens (including phenoxy) is 1. The van der Waals surface area contributed by atoms with E-state index in [4.69, 9.17) is 0 Å². The van der Waals surface area contributed by atoms with Gasteiger partial charge in [-0.25, -0.2) is 0 Å². The van der Waals surface area contributed by atoms with Crippen LogP contribution in [-0.4, -0.2) is 17.9 Å². The van der Waals surface area contributed by atoms with Crippen molar-refractivity contribution in [3.05, 3.63) is 29.8 Å². The first-order chi connectivity index (χ1) is 7.33. The molecule has 0 atom stereocenters. The zero-order chi connectivity index (χ0) is 12.3. The number of hydrogen-bond acceptors (Lipinski definition) is 4. The maximum Gasteiger partial charge on any atom is 0.441 e. The SMILES string of the molecule is CC(=O)c1ccc(OC(F)(F)C(=O)[O-])cc1. The highest BCUT2D eigenvalue weighted by molar-refractivity contribution is 5.94. The maximum absolute atomic E-state index is 12.5. The van der Waals surface area contributed by atoms with Gasteiger partial charge in [-0.3, -0.25) is 4.79 Å². The topological polar surface area (TPSA) is 66.4 Å². The van der Waals surface area contributed by atoms with E-state index in [1.165, 1.54) is 19.1 Å². The van der Waals surface area contributed by atoms with Crippen molar-refractivity contribution in [3.8, 4) is 5.75 Å². The smallest absolute Gasteiger partial charge is 0.441 e. The first-order valence-corrected chi connectivity index (χ1v) is 4.22. The molecule has 1 aromatic rings. The van der Waals surface area contributed by atoms with Crippen molar-refractivity contribution in [3.63, 3.8) is 0 Å². The van der Waals surface area contributed by atoms with Gasteiger partial charge in [0.05, 0.1) is 0 Å². The van der Waals surface area contributed by atoms with Crippen LogP contribution >= 0.6 is 0 Å². The van der Waals surface area contributed by atoms with Crippen molar-refractivity contribution >= 4 is 11.8 Å². The average Bonchev–Trinajstić information content (AvgIpc) is 2.17. The van der Waals surface area contributed by atoms with Crippen molar-refractivity contribution in [1.29, 1.82) is 0 Å². The molecule has 86 valence electrons. The Kier molecular flexibility index (Phi) is 3.22. The number of ketones is 1. The lowest BCUT2D eigenvalue weighted by molar-refractivity contribution is -0.350. The van der Waals surface area contributed by atoms with Gasteiger partial charge in [0, 0.05) is 5.56 Å². The minimum absolute atomic E-state index is 0.238. The number of carbonyl (C=O) groups excluding carboxylic acids is 2. The lowest BCUT2D eigenvalue weighted by atomic mass is 10.1. The number of carbonyl (C=O) groups is 2. The highest BCUT2D eigenvalue weighted by Gasteiger charge is 2.33. The van der Waals surface area contributed by atoms with E-state index in [1.54, 1.807) is 0 Å². The second-order valence-electron chi connectivity index (χ2n) is 2.99. The number of alkyl halides is 2. The Labute approximate surface area is 89.5 Å². The van der Waals surface area contributed by atoms with Crippen LogP contribution in [0.4, 0.5) is 8.78 Å². The summed E-state index contributed by atoms with van der Waals surface area (Å²) in [6, 6.07) is 4.66. The van der Waals surface area contributed by atoms with Crippen molar-refractivity contribution in [2.75, 3.05) is 0 Å². The Morgan fingerprint density at radius 2 is 1.75 bits per heavy atom. The molecule has 0 aliphatic heterocycles. The molecule has 16 heavy (non-hydrogen) atoms. The fourth-order valence-corrected chi connectivity index (χ4v) is 0.947. The normalized spacial score (nSPS) is 10.9. The van der Waals surface area contributed by atoms with E-state index in [0.29, 0.717) is 5.56 Å². The average molecular weight is 229 g/mol. The van der Waals surface area contributed by atoms with Crippen LogP contribution in [0, 0.1) is 0 Å². The van der Waals surface area contributed by atoms with Crippen LogP contribution in [0.3, 0.4) is 0 Å². The number of Topliss-reactive ketones (excluding diaryl/α,β-unsaturated/α-hetero) is 1. The molecule has 0 bridgehead atoms. The number of hydrogen-bond donors (Lipinski definition) is 0. The van der Waals surface area contributed by atoms with Crippen LogP contribution in [0.1, 0.15) is 17.3 Å². The zero-order valence-electron chi connectivity index (χ0n) is 8.20. The molecule has 1 aromatic carbocycles. The molecular weight excluding hydrogens is 222 g/mol. The molecule has 0 amide bonds. The van der Waals surface area contributed by atoms with E-state index in [0.717, 1.165) is 12.1 Å². The number of carboxylic acid groups (broad SMARTS) is 1. The van der Waals surface area contributed by atoms with Crippen molar-refractivity contribution in [1.82, 2.24) is 0 Å². The van der Waals surface area contributed by atoms with Crippen LogP contribution < -0.4 is 9.84 Å². The molecule has 4 nitrogen and oxygen atoms in total.